The smallest absolute Gasteiger partial charge is 0.245 e. The van der Waals surface area contributed by atoms with Crippen LogP contribution in [0, 0.1) is 0 Å². The van der Waals surface area contributed by atoms with Gasteiger partial charge in [0.1, 0.15) is 34.4 Å². The summed E-state index contributed by atoms with van der Waals surface area (Å²) in [6.07, 6.45) is 1.05. The van der Waals surface area contributed by atoms with Gasteiger partial charge in [-0.25, -0.2) is 21.6 Å². The second-order valence-corrected chi connectivity index (χ2v) is 14.1. The van der Waals surface area contributed by atoms with E-state index in [0.717, 1.165) is 11.7 Å². The van der Waals surface area contributed by atoms with Gasteiger partial charge in [0.15, 0.2) is 0 Å². The van der Waals surface area contributed by atoms with Crippen LogP contribution in [0.1, 0.15) is 19.3 Å². The van der Waals surface area contributed by atoms with Crippen molar-refractivity contribution in [1.82, 2.24) is 23.1 Å². The number of piperidine rings is 1. The fraction of sp³-hybridized carbons (Fsp3) is 0.500. The highest BCUT2D eigenvalue weighted by Crippen LogP contribution is 2.38. The molecule has 5 rings (SSSR count). The highest BCUT2D eigenvalue weighted by atomic mass is 32.2. The van der Waals surface area contributed by atoms with Gasteiger partial charge >= 0.3 is 0 Å². The molecule has 1 spiro atoms. The van der Waals surface area contributed by atoms with E-state index < -0.39 is 31.8 Å². The largest absolute Gasteiger partial charge is 0.491 e. The van der Waals surface area contributed by atoms with Crippen LogP contribution in [0.4, 0.5) is 0 Å². The van der Waals surface area contributed by atoms with E-state index in [9.17, 15) is 21.9 Å². The first-order valence-corrected chi connectivity index (χ1v) is 16.2. The number of sulfonamides is 2. The lowest BCUT2D eigenvalue weighted by Crippen LogP contribution is -2.47. The van der Waals surface area contributed by atoms with Crippen molar-refractivity contribution >= 4 is 42.8 Å². The molecule has 2 aliphatic heterocycles. The number of hydrogen-bond acceptors (Lipinski definition) is 11. The standard InChI is InChI=1S/C24H31N5O7S3/c1-25-38(31,32)20-5-2-4-19(12-20)35-16-18(30)14-26-17-13-24(36-15-17)8-10-29(11-9-24)39(33,34)22-7-3-6-21-23(22)28-37-27-21/h2-7,12,17-18,25-26,30H,8-11,13-16H2,1H3. The number of nitrogens with zero attached hydrogens (tertiary/aromatic N) is 3. The summed E-state index contributed by atoms with van der Waals surface area (Å²) in [5, 5.41) is 13.7. The summed E-state index contributed by atoms with van der Waals surface area (Å²) >= 11 is 0.996. The highest BCUT2D eigenvalue weighted by Gasteiger charge is 2.45. The van der Waals surface area contributed by atoms with Crippen molar-refractivity contribution < 1.29 is 31.4 Å². The Labute approximate surface area is 231 Å². The van der Waals surface area contributed by atoms with Crippen LogP contribution in [-0.2, 0) is 24.8 Å². The van der Waals surface area contributed by atoms with Crippen LogP contribution in [0.5, 0.6) is 5.75 Å². The minimum Gasteiger partial charge on any atom is -0.491 e. The molecule has 0 amide bonds. The van der Waals surface area contributed by atoms with Crippen molar-refractivity contribution in [2.24, 2.45) is 0 Å². The van der Waals surface area contributed by atoms with Gasteiger partial charge in [0.05, 0.1) is 28.8 Å². The van der Waals surface area contributed by atoms with Gasteiger partial charge in [0, 0.05) is 31.7 Å². The molecule has 39 heavy (non-hydrogen) atoms. The molecule has 3 aromatic rings. The lowest BCUT2D eigenvalue weighted by atomic mass is 9.88. The molecule has 0 radical (unpaired) electrons. The molecular formula is C24H31N5O7S3. The number of benzene rings is 2. The average Bonchev–Trinajstić information content (AvgIpc) is 3.58. The third kappa shape index (κ3) is 6.10. The SMILES string of the molecule is CNS(=O)(=O)c1cccc(OCC(O)CNC2COC3(CCN(S(=O)(=O)c4cccc5nsnc45)CC3)C2)c1. The maximum atomic E-state index is 13.3. The Morgan fingerprint density at radius 2 is 1.95 bits per heavy atom. The summed E-state index contributed by atoms with van der Waals surface area (Å²) in [5.41, 5.74) is 0.575. The molecule has 2 fully saturated rings. The number of aliphatic hydroxyl groups excluding tert-OH is 1. The number of aromatic nitrogens is 2. The monoisotopic (exact) mass is 597 g/mol. The zero-order valence-electron chi connectivity index (χ0n) is 21.3. The third-order valence-electron chi connectivity index (χ3n) is 7.18. The minimum atomic E-state index is -3.70. The molecule has 2 aromatic carbocycles. The van der Waals surface area contributed by atoms with Crippen LogP contribution < -0.4 is 14.8 Å². The van der Waals surface area contributed by atoms with Crippen molar-refractivity contribution in [3.63, 3.8) is 0 Å². The van der Waals surface area contributed by atoms with E-state index in [0.29, 0.717) is 55.7 Å². The molecule has 0 bridgehead atoms. The van der Waals surface area contributed by atoms with Crippen molar-refractivity contribution in [3.05, 3.63) is 42.5 Å². The quantitative estimate of drug-likeness (QED) is 0.307. The molecule has 0 aliphatic carbocycles. The fourth-order valence-corrected chi connectivity index (χ4v) is 7.95. The fourth-order valence-electron chi connectivity index (χ4n) is 4.99. The number of aliphatic hydroxyl groups is 1. The summed E-state index contributed by atoms with van der Waals surface area (Å²) in [6.45, 7) is 1.42. The van der Waals surface area contributed by atoms with Crippen LogP contribution in [-0.4, -0.2) is 92.6 Å². The van der Waals surface area contributed by atoms with Crippen LogP contribution in [0.25, 0.3) is 11.0 Å². The lowest BCUT2D eigenvalue weighted by Gasteiger charge is -2.38. The van der Waals surface area contributed by atoms with Gasteiger partial charge in [-0.2, -0.15) is 13.1 Å². The molecular weight excluding hydrogens is 566 g/mol. The molecule has 3 N–H and O–H groups in total. The molecule has 212 valence electrons. The van der Waals surface area contributed by atoms with Gasteiger partial charge in [-0.15, -0.1) is 0 Å². The number of hydrogen-bond donors (Lipinski definition) is 3. The summed E-state index contributed by atoms with van der Waals surface area (Å²) in [6, 6.07) is 11.1. The Morgan fingerprint density at radius 3 is 2.72 bits per heavy atom. The second-order valence-electron chi connectivity index (χ2n) is 9.74. The van der Waals surface area contributed by atoms with E-state index in [1.807, 2.05) is 0 Å². The topological polar surface area (TPSA) is 160 Å². The predicted molar refractivity (Wildman–Crippen MR) is 145 cm³/mol. The summed E-state index contributed by atoms with van der Waals surface area (Å²) in [7, 11) is -5.95. The maximum absolute atomic E-state index is 13.3. The van der Waals surface area contributed by atoms with E-state index in [-0.39, 0.29) is 29.0 Å². The van der Waals surface area contributed by atoms with Crippen LogP contribution in [0.2, 0.25) is 0 Å². The molecule has 3 heterocycles. The van der Waals surface area contributed by atoms with E-state index in [4.69, 9.17) is 9.47 Å². The highest BCUT2D eigenvalue weighted by molar-refractivity contribution is 7.89. The van der Waals surface area contributed by atoms with Gasteiger partial charge in [-0.3, -0.25) is 0 Å². The molecule has 2 aliphatic rings. The number of nitrogens with one attached hydrogen (secondary N) is 2. The molecule has 15 heteroatoms. The van der Waals surface area contributed by atoms with Gasteiger partial charge in [0.2, 0.25) is 20.0 Å². The molecule has 12 nitrogen and oxygen atoms in total. The van der Waals surface area contributed by atoms with Crippen LogP contribution >= 0.6 is 11.7 Å². The van der Waals surface area contributed by atoms with Crippen molar-refractivity contribution in [1.29, 1.82) is 0 Å². The van der Waals surface area contributed by atoms with Gasteiger partial charge in [0.25, 0.3) is 0 Å². The minimum absolute atomic E-state index is 0.0111. The molecule has 2 atom stereocenters. The Hall–Kier alpha value is -2.24. The molecule has 2 unspecified atom stereocenters. The molecule has 0 saturated carbocycles. The van der Waals surface area contributed by atoms with Crippen LogP contribution in [0.3, 0.4) is 0 Å². The van der Waals surface area contributed by atoms with Crippen molar-refractivity contribution in [3.8, 4) is 5.75 Å². The van der Waals surface area contributed by atoms with Gasteiger partial charge < -0.3 is 19.9 Å². The summed E-state index contributed by atoms with van der Waals surface area (Å²) in [4.78, 5) is 0.266. The Morgan fingerprint density at radius 1 is 1.18 bits per heavy atom. The maximum Gasteiger partial charge on any atom is 0.245 e. The van der Waals surface area contributed by atoms with Crippen molar-refractivity contribution in [2.75, 3.05) is 39.9 Å². The number of rotatable bonds is 10. The average molecular weight is 598 g/mol. The van der Waals surface area contributed by atoms with Crippen LogP contribution in [0.15, 0.2) is 52.3 Å². The lowest BCUT2D eigenvalue weighted by molar-refractivity contribution is -0.0312. The van der Waals surface area contributed by atoms with E-state index in [1.54, 1.807) is 30.3 Å². The first-order chi connectivity index (χ1) is 18.6. The van der Waals surface area contributed by atoms with Gasteiger partial charge in [-0.05, 0) is 50.6 Å². The molecule has 1 aromatic heterocycles. The normalized spacial score (nSPS) is 20.9. The van der Waals surface area contributed by atoms with Gasteiger partial charge in [-0.1, -0.05) is 12.1 Å². The zero-order valence-corrected chi connectivity index (χ0v) is 23.8. The van der Waals surface area contributed by atoms with Crippen molar-refractivity contribution in [2.45, 2.75) is 46.8 Å². The Balaban J connectivity index is 1.10. The Bertz CT molecular complexity index is 1520. The summed E-state index contributed by atoms with van der Waals surface area (Å²) in [5.74, 6) is 0.345. The predicted octanol–water partition coefficient (Wildman–Crippen LogP) is 0.941. The first kappa shape index (κ1) is 28.3. The molecule has 2 saturated heterocycles. The zero-order chi connectivity index (χ0) is 27.7. The Kier molecular flexibility index (Phi) is 8.22. The third-order valence-corrected chi connectivity index (χ3v) is 11.1. The van der Waals surface area contributed by atoms with E-state index >= 15 is 0 Å². The number of ether oxygens (including phenoxy) is 2. The van der Waals surface area contributed by atoms with E-state index in [1.165, 1.54) is 23.5 Å². The second kappa shape index (κ2) is 11.3. The number of fused-ring (bicyclic) bond motifs is 1. The van der Waals surface area contributed by atoms with E-state index in [2.05, 4.69) is 18.8 Å². The summed E-state index contributed by atoms with van der Waals surface area (Å²) < 4.78 is 74.4. The first-order valence-electron chi connectivity index (χ1n) is 12.6.